The molecule has 1 aromatic rings. The van der Waals surface area contributed by atoms with Crippen LogP contribution in [0.4, 0.5) is 0 Å². The Balaban J connectivity index is 2.51. The van der Waals surface area contributed by atoms with Crippen molar-refractivity contribution in [3.63, 3.8) is 0 Å². The molecule has 0 aliphatic heterocycles. The molecule has 0 aromatic carbocycles. The van der Waals surface area contributed by atoms with Crippen LogP contribution in [-0.2, 0) is 0 Å². The van der Waals surface area contributed by atoms with Crippen LogP contribution in [0.15, 0.2) is 11.4 Å². The normalized spacial score (nSPS) is 13.8. The zero-order valence-corrected chi connectivity index (χ0v) is 15.0. The van der Waals surface area contributed by atoms with Crippen molar-refractivity contribution in [1.82, 2.24) is 5.32 Å². The minimum Gasteiger partial charge on any atom is -0.310 e. The lowest BCUT2D eigenvalue weighted by molar-refractivity contribution is 0.344. The molecule has 104 valence electrons. The molecule has 1 heterocycles. The Morgan fingerprint density at radius 3 is 2.61 bits per heavy atom. The molecule has 0 bridgehead atoms. The molecular formula is C15H26INS. The molecule has 1 nitrogen and oxygen atoms in total. The summed E-state index contributed by atoms with van der Waals surface area (Å²) < 4.78 is 1.39. The van der Waals surface area contributed by atoms with E-state index in [1.54, 1.807) is 0 Å². The van der Waals surface area contributed by atoms with Gasteiger partial charge >= 0.3 is 0 Å². The highest BCUT2D eigenvalue weighted by atomic mass is 127. The Morgan fingerprint density at radius 2 is 2.11 bits per heavy atom. The van der Waals surface area contributed by atoms with E-state index in [1.165, 1.54) is 34.1 Å². The Hall–Kier alpha value is 0.390. The molecule has 18 heavy (non-hydrogen) atoms. The lowest BCUT2D eigenvalue weighted by Crippen LogP contribution is -2.22. The average Bonchev–Trinajstić information content (AvgIpc) is 2.68. The van der Waals surface area contributed by atoms with Crippen molar-refractivity contribution in [2.45, 2.75) is 59.4 Å². The molecule has 0 radical (unpaired) electrons. The molecule has 1 rings (SSSR count). The van der Waals surface area contributed by atoms with Gasteiger partial charge in [-0.1, -0.05) is 34.1 Å². The summed E-state index contributed by atoms with van der Waals surface area (Å²) in [6.45, 7) is 10.3. The van der Waals surface area contributed by atoms with Crippen molar-refractivity contribution >= 4 is 33.9 Å². The van der Waals surface area contributed by atoms with Gasteiger partial charge in [-0.15, -0.1) is 11.3 Å². The van der Waals surface area contributed by atoms with E-state index in [4.69, 9.17) is 0 Å². The van der Waals surface area contributed by atoms with Gasteiger partial charge < -0.3 is 5.32 Å². The fourth-order valence-electron chi connectivity index (χ4n) is 2.05. The smallest absolute Gasteiger partial charge is 0.0656 e. The summed E-state index contributed by atoms with van der Waals surface area (Å²) >= 11 is 4.26. The largest absolute Gasteiger partial charge is 0.310 e. The molecule has 1 aromatic heterocycles. The van der Waals surface area contributed by atoms with E-state index in [-0.39, 0.29) is 0 Å². The first-order valence-electron chi connectivity index (χ1n) is 6.89. The first-order chi connectivity index (χ1) is 8.42. The minimum atomic E-state index is 0.457. The topological polar surface area (TPSA) is 12.0 Å². The van der Waals surface area contributed by atoms with E-state index in [0.29, 0.717) is 11.5 Å². The van der Waals surface area contributed by atoms with Gasteiger partial charge in [-0.05, 0) is 70.8 Å². The highest BCUT2D eigenvalue weighted by Gasteiger charge is 2.15. The fourth-order valence-corrected chi connectivity index (χ4v) is 3.47. The Morgan fingerprint density at radius 1 is 1.39 bits per heavy atom. The molecule has 3 heteroatoms. The standard InChI is InChI=1S/C15H26INS/c1-5-9-17-13(7-6-8-15(2,3)4)12-10-14(16)18-11-12/h10-11,13,17H,5-9H2,1-4H3. The molecule has 1 unspecified atom stereocenters. The highest BCUT2D eigenvalue weighted by Crippen LogP contribution is 2.28. The first kappa shape index (κ1) is 16.4. The molecule has 0 saturated carbocycles. The van der Waals surface area contributed by atoms with Crippen LogP contribution in [0.5, 0.6) is 0 Å². The van der Waals surface area contributed by atoms with Gasteiger partial charge in [0.2, 0.25) is 0 Å². The van der Waals surface area contributed by atoms with E-state index in [2.05, 4.69) is 67.0 Å². The van der Waals surface area contributed by atoms with Gasteiger partial charge in [0.15, 0.2) is 0 Å². The van der Waals surface area contributed by atoms with Crippen molar-refractivity contribution in [2.24, 2.45) is 5.41 Å². The highest BCUT2D eigenvalue weighted by molar-refractivity contribution is 14.1. The van der Waals surface area contributed by atoms with Crippen LogP contribution < -0.4 is 5.32 Å². The molecule has 1 N–H and O–H groups in total. The number of halogens is 1. The van der Waals surface area contributed by atoms with E-state index >= 15 is 0 Å². The summed E-state index contributed by atoms with van der Waals surface area (Å²) in [6, 6.07) is 2.88. The quantitative estimate of drug-likeness (QED) is 0.607. The third-order valence-electron chi connectivity index (χ3n) is 3.05. The van der Waals surface area contributed by atoms with Crippen LogP contribution in [0.2, 0.25) is 0 Å². The average molecular weight is 379 g/mol. The number of hydrogen-bond donors (Lipinski definition) is 1. The van der Waals surface area contributed by atoms with E-state index < -0.39 is 0 Å². The molecule has 0 fully saturated rings. The Kier molecular flexibility index (Phi) is 7.17. The van der Waals surface area contributed by atoms with Gasteiger partial charge in [0.25, 0.3) is 0 Å². The first-order valence-corrected chi connectivity index (χ1v) is 8.85. The van der Waals surface area contributed by atoms with Gasteiger partial charge in [-0.2, -0.15) is 0 Å². The fraction of sp³-hybridized carbons (Fsp3) is 0.733. The summed E-state index contributed by atoms with van der Waals surface area (Å²) in [4.78, 5) is 0. The molecule has 0 spiro atoms. The number of nitrogens with one attached hydrogen (secondary N) is 1. The van der Waals surface area contributed by atoms with Crippen molar-refractivity contribution in [2.75, 3.05) is 6.54 Å². The van der Waals surface area contributed by atoms with Crippen LogP contribution in [0.3, 0.4) is 0 Å². The SMILES string of the molecule is CCCNC(CCCC(C)(C)C)c1csc(I)c1. The van der Waals surface area contributed by atoms with Crippen molar-refractivity contribution in [3.05, 3.63) is 19.9 Å². The van der Waals surface area contributed by atoms with Crippen molar-refractivity contribution < 1.29 is 0 Å². The van der Waals surface area contributed by atoms with Crippen LogP contribution in [0.1, 0.15) is 65.0 Å². The second kappa shape index (κ2) is 7.85. The van der Waals surface area contributed by atoms with Crippen molar-refractivity contribution in [1.29, 1.82) is 0 Å². The van der Waals surface area contributed by atoms with E-state index in [9.17, 15) is 0 Å². The van der Waals surface area contributed by atoms with E-state index in [1.807, 2.05) is 11.3 Å². The Bertz CT molecular complexity index is 341. The molecule has 0 saturated heterocycles. The minimum absolute atomic E-state index is 0.457. The molecule has 1 atom stereocenters. The second-order valence-electron chi connectivity index (χ2n) is 6.14. The van der Waals surface area contributed by atoms with E-state index in [0.717, 1.165) is 6.54 Å². The summed E-state index contributed by atoms with van der Waals surface area (Å²) in [5.41, 5.74) is 1.94. The van der Waals surface area contributed by atoms with Crippen LogP contribution in [-0.4, -0.2) is 6.54 Å². The molecule has 0 aliphatic carbocycles. The summed E-state index contributed by atoms with van der Waals surface area (Å²) in [5, 5.41) is 6.00. The number of hydrogen-bond acceptors (Lipinski definition) is 2. The van der Waals surface area contributed by atoms with Gasteiger partial charge in [0.1, 0.15) is 0 Å². The number of rotatable bonds is 7. The maximum Gasteiger partial charge on any atom is 0.0656 e. The van der Waals surface area contributed by atoms with Crippen molar-refractivity contribution in [3.8, 4) is 0 Å². The third-order valence-corrected chi connectivity index (χ3v) is 4.86. The summed E-state index contributed by atoms with van der Waals surface area (Å²) in [5.74, 6) is 0. The number of thiophene rings is 1. The molecular weight excluding hydrogens is 353 g/mol. The van der Waals surface area contributed by atoms with Crippen LogP contribution >= 0.6 is 33.9 Å². The van der Waals surface area contributed by atoms with Gasteiger partial charge in [0, 0.05) is 6.04 Å². The molecule has 0 aliphatic rings. The third kappa shape index (κ3) is 6.53. The van der Waals surface area contributed by atoms with Crippen LogP contribution in [0.25, 0.3) is 0 Å². The monoisotopic (exact) mass is 379 g/mol. The lowest BCUT2D eigenvalue weighted by atomic mass is 9.88. The summed E-state index contributed by atoms with van der Waals surface area (Å²) in [7, 11) is 0. The van der Waals surface area contributed by atoms with Gasteiger partial charge in [-0.3, -0.25) is 0 Å². The van der Waals surface area contributed by atoms with Gasteiger partial charge in [0.05, 0.1) is 2.88 Å². The van der Waals surface area contributed by atoms with Gasteiger partial charge in [-0.25, -0.2) is 0 Å². The second-order valence-corrected chi connectivity index (χ2v) is 8.95. The zero-order valence-electron chi connectivity index (χ0n) is 12.1. The molecule has 0 amide bonds. The predicted molar refractivity (Wildman–Crippen MR) is 91.4 cm³/mol. The maximum absolute atomic E-state index is 3.69. The zero-order chi connectivity index (χ0) is 13.6. The summed E-state index contributed by atoms with van der Waals surface area (Å²) in [6.07, 6.45) is 5.07. The Labute approximate surface area is 130 Å². The predicted octanol–water partition coefficient (Wildman–Crippen LogP) is 5.61. The lowest BCUT2D eigenvalue weighted by Gasteiger charge is -2.21. The maximum atomic E-state index is 3.69. The van der Waals surface area contributed by atoms with Crippen LogP contribution in [0, 0.1) is 8.30 Å².